The maximum absolute atomic E-state index is 13.9. The van der Waals surface area contributed by atoms with Crippen LogP contribution in [0.3, 0.4) is 0 Å². The Hall–Kier alpha value is -3.35. The Labute approximate surface area is 206 Å². The number of hydrogen-bond donors (Lipinski definition) is 1. The fourth-order valence-corrected chi connectivity index (χ4v) is 5.52. The molecule has 2 atom stereocenters. The molecule has 0 spiro atoms. The van der Waals surface area contributed by atoms with Crippen molar-refractivity contribution in [3.8, 4) is 11.4 Å². The predicted octanol–water partition coefficient (Wildman–Crippen LogP) is 2.15. The number of aliphatic hydroxyl groups is 1. The highest BCUT2D eigenvalue weighted by Gasteiger charge is 2.34. The molecule has 5 rings (SSSR count). The Balaban J connectivity index is 1.56. The van der Waals surface area contributed by atoms with E-state index in [2.05, 4.69) is 5.10 Å². The number of sulfonamides is 1. The second kappa shape index (κ2) is 9.26. The molecule has 1 aliphatic heterocycles. The predicted molar refractivity (Wildman–Crippen MR) is 128 cm³/mol. The van der Waals surface area contributed by atoms with Gasteiger partial charge in [0.25, 0.3) is 0 Å². The monoisotopic (exact) mass is 518 g/mol. The number of aromatic nitrogens is 2. The molecule has 190 valence electrons. The molecular formula is C24H24F2N4O5S. The molecule has 2 unspecified atom stereocenters. The van der Waals surface area contributed by atoms with Gasteiger partial charge in [-0.05, 0) is 23.3 Å². The third-order valence-corrected chi connectivity index (χ3v) is 7.76. The Bertz CT molecular complexity index is 1450. The van der Waals surface area contributed by atoms with Crippen molar-refractivity contribution in [3.63, 3.8) is 0 Å². The van der Waals surface area contributed by atoms with Crippen LogP contribution in [-0.4, -0.2) is 60.0 Å². The van der Waals surface area contributed by atoms with Crippen LogP contribution in [0.2, 0.25) is 0 Å². The molecule has 1 saturated heterocycles. The lowest BCUT2D eigenvalue weighted by molar-refractivity contribution is 0.119. The van der Waals surface area contributed by atoms with Gasteiger partial charge in [0.2, 0.25) is 15.8 Å². The topological polar surface area (TPSA) is 105 Å². The van der Waals surface area contributed by atoms with E-state index in [0.717, 1.165) is 28.6 Å². The summed E-state index contributed by atoms with van der Waals surface area (Å²) in [5.41, 5.74) is 0.925. The van der Waals surface area contributed by atoms with Gasteiger partial charge in [0.15, 0.2) is 0 Å². The number of aliphatic hydroxyl groups excluding tert-OH is 1. The number of benzene rings is 2. The Morgan fingerprint density at radius 2 is 1.67 bits per heavy atom. The molecule has 0 bridgehead atoms. The third-order valence-electron chi connectivity index (χ3n) is 6.45. The fraction of sp³-hybridized carbons (Fsp3) is 0.333. The van der Waals surface area contributed by atoms with Gasteiger partial charge in [-0.25, -0.2) is 17.2 Å². The van der Waals surface area contributed by atoms with Crippen molar-refractivity contribution >= 4 is 15.7 Å². The van der Waals surface area contributed by atoms with Gasteiger partial charge in [-0.2, -0.15) is 14.1 Å². The highest BCUT2D eigenvalue weighted by molar-refractivity contribution is 7.88. The summed E-state index contributed by atoms with van der Waals surface area (Å²) in [6, 6.07) is 9.87. The van der Waals surface area contributed by atoms with Crippen LogP contribution in [0.1, 0.15) is 29.8 Å². The largest absolute Gasteiger partial charge is 0.478 e. The lowest BCUT2D eigenvalue weighted by atomic mass is 10.1. The fourth-order valence-electron chi connectivity index (χ4n) is 4.69. The molecule has 9 nitrogen and oxygen atoms in total. The van der Waals surface area contributed by atoms with Gasteiger partial charge >= 0.3 is 5.56 Å². The van der Waals surface area contributed by atoms with E-state index in [1.165, 1.54) is 10.5 Å². The van der Waals surface area contributed by atoms with Gasteiger partial charge in [0, 0.05) is 38.7 Å². The standard InChI is InChI=1S/C24H24F2N4O5S/c1-36(33,34)29-8-6-28(7-9-29)20-14-27-30(17-11-15(25)10-16(26)12-17)24(32)23(20)35-22-13-21(31)18-4-2-3-5-19(18)22/h2-5,10-12,14,21-22,31H,6-9,13H2,1H3. The lowest BCUT2D eigenvalue weighted by Gasteiger charge is -2.35. The first-order valence-corrected chi connectivity index (χ1v) is 13.2. The molecule has 0 radical (unpaired) electrons. The lowest BCUT2D eigenvalue weighted by Crippen LogP contribution is -2.48. The van der Waals surface area contributed by atoms with Gasteiger partial charge in [-0.15, -0.1) is 0 Å². The highest BCUT2D eigenvalue weighted by Crippen LogP contribution is 2.42. The molecule has 1 aromatic heterocycles. The summed E-state index contributed by atoms with van der Waals surface area (Å²) in [5, 5.41) is 14.6. The minimum absolute atomic E-state index is 0.101. The number of hydrogen-bond acceptors (Lipinski definition) is 7. The van der Waals surface area contributed by atoms with E-state index < -0.39 is 39.4 Å². The van der Waals surface area contributed by atoms with Gasteiger partial charge < -0.3 is 14.7 Å². The van der Waals surface area contributed by atoms with Crippen LogP contribution < -0.4 is 15.2 Å². The van der Waals surface area contributed by atoms with Gasteiger partial charge in [-0.3, -0.25) is 4.79 Å². The number of halogens is 2. The van der Waals surface area contributed by atoms with Crippen LogP contribution in [0.25, 0.3) is 5.69 Å². The van der Waals surface area contributed by atoms with Crippen LogP contribution >= 0.6 is 0 Å². The summed E-state index contributed by atoms with van der Waals surface area (Å²) in [7, 11) is -3.36. The number of anilines is 1. The molecule has 2 aliphatic rings. The normalized spacial score (nSPS) is 20.4. The first-order valence-electron chi connectivity index (χ1n) is 11.3. The molecule has 3 aromatic rings. The van der Waals surface area contributed by atoms with Gasteiger partial charge in [-0.1, -0.05) is 24.3 Å². The molecule has 12 heteroatoms. The van der Waals surface area contributed by atoms with Crippen LogP contribution in [0.5, 0.6) is 5.75 Å². The zero-order valence-electron chi connectivity index (χ0n) is 19.3. The third kappa shape index (κ3) is 4.59. The highest BCUT2D eigenvalue weighted by atomic mass is 32.2. The molecule has 2 aromatic carbocycles. The summed E-state index contributed by atoms with van der Waals surface area (Å²) in [6.45, 7) is 0.989. The summed E-state index contributed by atoms with van der Waals surface area (Å²) < 4.78 is 60.0. The minimum Gasteiger partial charge on any atom is -0.478 e. The summed E-state index contributed by atoms with van der Waals surface area (Å²) in [5.74, 6) is -1.83. The summed E-state index contributed by atoms with van der Waals surface area (Å²) in [4.78, 5) is 15.4. The smallest absolute Gasteiger partial charge is 0.316 e. The molecule has 1 fully saturated rings. The number of rotatable bonds is 5. The van der Waals surface area contributed by atoms with Crippen LogP contribution in [0.15, 0.2) is 53.5 Å². The van der Waals surface area contributed by atoms with Crippen molar-refractivity contribution in [1.29, 1.82) is 0 Å². The zero-order chi connectivity index (χ0) is 25.6. The van der Waals surface area contributed by atoms with E-state index in [0.29, 0.717) is 17.3 Å². The van der Waals surface area contributed by atoms with Crippen molar-refractivity contribution in [3.05, 3.63) is 81.8 Å². The first-order chi connectivity index (χ1) is 17.1. The van der Waals surface area contributed by atoms with Crippen molar-refractivity contribution in [2.45, 2.75) is 18.6 Å². The van der Waals surface area contributed by atoms with Crippen LogP contribution in [-0.2, 0) is 10.0 Å². The first kappa shape index (κ1) is 24.3. The van der Waals surface area contributed by atoms with Crippen molar-refractivity contribution in [2.75, 3.05) is 37.3 Å². The van der Waals surface area contributed by atoms with E-state index in [4.69, 9.17) is 4.74 Å². The van der Waals surface area contributed by atoms with E-state index in [-0.39, 0.29) is 44.0 Å². The Kier molecular flexibility index (Phi) is 6.27. The molecule has 1 aliphatic carbocycles. The second-order valence-corrected chi connectivity index (χ2v) is 10.8. The molecular weight excluding hydrogens is 494 g/mol. The van der Waals surface area contributed by atoms with Crippen molar-refractivity contribution in [2.24, 2.45) is 0 Å². The number of fused-ring (bicyclic) bond motifs is 1. The summed E-state index contributed by atoms with van der Waals surface area (Å²) >= 11 is 0. The van der Waals surface area contributed by atoms with Gasteiger partial charge in [0.1, 0.15) is 23.4 Å². The van der Waals surface area contributed by atoms with E-state index >= 15 is 0 Å². The van der Waals surface area contributed by atoms with Crippen LogP contribution in [0, 0.1) is 11.6 Å². The van der Waals surface area contributed by atoms with Crippen molar-refractivity contribution in [1.82, 2.24) is 14.1 Å². The van der Waals surface area contributed by atoms with Gasteiger partial charge in [0.05, 0.1) is 24.2 Å². The molecule has 1 N–H and O–H groups in total. The average molecular weight is 519 g/mol. The quantitative estimate of drug-likeness (QED) is 0.552. The maximum atomic E-state index is 13.9. The Morgan fingerprint density at radius 3 is 2.31 bits per heavy atom. The van der Waals surface area contributed by atoms with Crippen molar-refractivity contribution < 1.29 is 27.0 Å². The van der Waals surface area contributed by atoms with E-state index in [9.17, 15) is 27.1 Å². The second-order valence-electron chi connectivity index (χ2n) is 8.84. The average Bonchev–Trinajstić information content (AvgIpc) is 3.14. The van der Waals surface area contributed by atoms with Crippen LogP contribution in [0.4, 0.5) is 14.5 Å². The van der Waals surface area contributed by atoms with E-state index in [1.807, 2.05) is 6.07 Å². The molecule has 2 heterocycles. The number of nitrogens with zero attached hydrogens (tertiary/aromatic N) is 4. The summed E-state index contributed by atoms with van der Waals surface area (Å²) in [6.07, 6.45) is 1.32. The number of piperazine rings is 1. The molecule has 0 saturated carbocycles. The SMILES string of the molecule is CS(=O)(=O)N1CCN(c2cnn(-c3cc(F)cc(F)c3)c(=O)c2OC2CC(O)c3ccccc32)CC1. The Morgan fingerprint density at radius 1 is 1.03 bits per heavy atom. The minimum atomic E-state index is -3.36. The zero-order valence-corrected chi connectivity index (χ0v) is 20.2. The number of ether oxygens (including phenoxy) is 1. The van der Waals surface area contributed by atoms with E-state index in [1.54, 1.807) is 23.1 Å². The molecule has 0 amide bonds. The maximum Gasteiger partial charge on any atom is 0.316 e. The molecule has 36 heavy (non-hydrogen) atoms.